The Hall–Kier alpha value is -1.18. The molecule has 0 aliphatic rings. The zero-order valence-electron chi connectivity index (χ0n) is 10.3. The summed E-state index contributed by atoms with van der Waals surface area (Å²) in [4.78, 5) is 4.31. The highest BCUT2D eigenvalue weighted by molar-refractivity contribution is 9.10. The third-order valence-electron chi connectivity index (χ3n) is 2.38. The van der Waals surface area contributed by atoms with Crippen molar-refractivity contribution >= 4 is 33.6 Å². The van der Waals surface area contributed by atoms with Crippen LogP contribution in [0, 0.1) is 11.6 Å². The SMILES string of the molecule is OCCN(Sc1ccc(F)cc1F)c1cncc(Br)c1. The Balaban J connectivity index is 2.25. The van der Waals surface area contributed by atoms with Gasteiger partial charge in [0.2, 0.25) is 0 Å². The van der Waals surface area contributed by atoms with Crippen LogP contribution >= 0.6 is 27.9 Å². The maximum atomic E-state index is 13.7. The summed E-state index contributed by atoms with van der Waals surface area (Å²) >= 11 is 4.39. The first kappa shape index (κ1) is 15.2. The number of anilines is 1. The predicted octanol–water partition coefficient (Wildman–Crippen LogP) is 3.63. The van der Waals surface area contributed by atoms with Crippen LogP contribution in [0.1, 0.15) is 0 Å². The van der Waals surface area contributed by atoms with Gasteiger partial charge in [-0.25, -0.2) is 8.78 Å². The lowest BCUT2D eigenvalue weighted by atomic mass is 10.3. The van der Waals surface area contributed by atoms with Gasteiger partial charge in [-0.05, 0) is 46.1 Å². The molecule has 0 radical (unpaired) electrons. The third-order valence-corrected chi connectivity index (χ3v) is 3.96. The van der Waals surface area contributed by atoms with Gasteiger partial charge in [-0.15, -0.1) is 0 Å². The summed E-state index contributed by atoms with van der Waals surface area (Å²) in [7, 11) is 0. The fourth-order valence-electron chi connectivity index (χ4n) is 1.52. The molecule has 0 spiro atoms. The number of aromatic nitrogens is 1. The molecular weight excluding hydrogens is 350 g/mol. The molecule has 0 saturated carbocycles. The molecular formula is C13H11BrF2N2OS. The number of nitrogens with zero attached hydrogens (tertiary/aromatic N) is 2. The lowest BCUT2D eigenvalue weighted by Crippen LogP contribution is -2.19. The molecule has 0 atom stereocenters. The summed E-state index contributed by atoms with van der Waals surface area (Å²) in [6.07, 6.45) is 3.23. The lowest BCUT2D eigenvalue weighted by molar-refractivity contribution is 0.307. The van der Waals surface area contributed by atoms with Crippen molar-refractivity contribution < 1.29 is 13.9 Å². The number of pyridine rings is 1. The van der Waals surface area contributed by atoms with Crippen molar-refractivity contribution in [1.82, 2.24) is 4.98 Å². The fourth-order valence-corrected chi connectivity index (χ4v) is 2.77. The number of hydrogen-bond donors (Lipinski definition) is 1. The van der Waals surface area contributed by atoms with Crippen LogP contribution in [-0.4, -0.2) is 23.2 Å². The molecule has 2 rings (SSSR count). The van der Waals surface area contributed by atoms with Crippen LogP contribution in [0.2, 0.25) is 0 Å². The minimum absolute atomic E-state index is 0.0949. The van der Waals surface area contributed by atoms with Crippen LogP contribution in [0.15, 0.2) is 46.0 Å². The molecule has 0 aliphatic heterocycles. The van der Waals surface area contributed by atoms with E-state index in [1.54, 1.807) is 22.8 Å². The second-order valence-electron chi connectivity index (χ2n) is 3.85. The summed E-state index contributed by atoms with van der Waals surface area (Å²) in [5, 5.41) is 9.12. The molecule has 0 amide bonds. The highest BCUT2D eigenvalue weighted by Crippen LogP contribution is 2.31. The van der Waals surface area contributed by atoms with E-state index in [2.05, 4.69) is 20.9 Å². The molecule has 0 bridgehead atoms. The standard InChI is InChI=1S/C13H11BrF2N2OS/c14-9-5-11(8-17-7-9)18(3-4-19)20-13-2-1-10(15)6-12(13)16/h1-2,5-8,19H,3-4H2. The smallest absolute Gasteiger partial charge is 0.141 e. The number of halogens is 3. The minimum Gasteiger partial charge on any atom is -0.394 e. The molecule has 0 fully saturated rings. The average molecular weight is 361 g/mol. The van der Waals surface area contributed by atoms with E-state index in [9.17, 15) is 8.78 Å². The summed E-state index contributed by atoms with van der Waals surface area (Å²) in [5.74, 6) is -1.26. The fraction of sp³-hybridized carbons (Fsp3) is 0.154. The van der Waals surface area contributed by atoms with E-state index in [1.807, 2.05) is 0 Å². The number of rotatable bonds is 5. The van der Waals surface area contributed by atoms with Gasteiger partial charge in [0.15, 0.2) is 0 Å². The molecule has 1 heterocycles. The lowest BCUT2D eigenvalue weighted by Gasteiger charge is -2.22. The topological polar surface area (TPSA) is 36.4 Å². The maximum absolute atomic E-state index is 13.7. The highest BCUT2D eigenvalue weighted by Gasteiger charge is 2.13. The van der Waals surface area contributed by atoms with Gasteiger partial charge in [0.1, 0.15) is 11.6 Å². The van der Waals surface area contributed by atoms with E-state index in [0.717, 1.165) is 22.5 Å². The van der Waals surface area contributed by atoms with Crippen LogP contribution in [0.4, 0.5) is 14.5 Å². The molecule has 20 heavy (non-hydrogen) atoms. The second kappa shape index (κ2) is 7.01. The second-order valence-corrected chi connectivity index (χ2v) is 5.83. The Morgan fingerprint density at radius 2 is 2.05 bits per heavy atom. The van der Waals surface area contributed by atoms with Gasteiger partial charge in [0, 0.05) is 16.7 Å². The zero-order valence-corrected chi connectivity index (χ0v) is 12.7. The number of aliphatic hydroxyl groups excluding tert-OH is 1. The van der Waals surface area contributed by atoms with Gasteiger partial charge in [-0.3, -0.25) is 4.98 Å². The monoisotopic (exact) mass is 360 g/mol. The van der Waals surface area contributed by atoms with Crippen LogP contribution < -0.4 is 4.31 Å². The molecule has 0 unspecified atom stereocenters. The maximum Gasteiger partial charge on any atom is 0.141 e. The number of hydrogen-bond acceptors (Lipinski definition) is 4. The van der Waals surface area contributed by atoms with Gasteiger partial charge >= 0.3 is 0 Å². The Bertz CT molecular complexity index is 600. The van der Waals surface area contributed by atoms with Crippen LogP contribution in [0.25, 0.3) is 0 Å². The Morgan fingerprint density at radius 3 is 2.70 bits per heavy atom. The van der Waals surface area contributed by atoms with Crippen molar-refractivity contribution in [1.29, 1.82) is 0 Å². The van der Waals surface area contributed by atoms with E-state index < -0.39 is 11.6 Å². The van der Waals surface area contributed by atoms with E-state index in [4.69, 9.17) is 5.11 Å². The van der Waals surface area contributed by atoms with Crippen molar-refractivity contribution in [2.75, 3.05) is 17.5 Å². The van der Waals surface area contributed by atoms with E-state index in [1.165, 1.54) is 12.1 Å². The molecule has 0 saturated heterocycles. The zero-order chi connectivity index (χ0) is 14.5. The summed E-state index contributed by atoms with van der Waals surface area (Å²) in [6.45, 7) is 0.196. The first-order valence-electron chi connectivity index (χ1n) is 5.72. The molecule has 7 heteroatoms. The van der Waals surface area contributed by atoms with Gasteiger partial charge in [-0.1, -0.05) is 0 Å². The van der Waals surface area contributed by atoms with Crippen molar-refractivity contribution in [3.8, 4) is 0 Å². The number of aliphatic hydroxyl groups is 1. The van der Waals surface area contributed by atoms with Crippen LogP contribution in [0.5, 0.6) is 0 Å². The van der Waals surface area contributed by atoms with Crippen LogP contribution in [-0.2, 0) is 0 Å². The largest absolute Gasteiger partial charge is 0.394 e. The molecule has 3 nitrogen and oxygen atoms in total. The Kier molecular flexibility index (Phi) is 5.33. The van der Waals surface area contributed by atoms with E-state index >= 15 is 0 Å². The third kappa shape index (κ3) is 3.91. The van der Waals surface area contributed by atoms with Crippen LogP contribution in [0.3, 0.4) is 0 Å². The minimum atomic E-state index is -0.638. The molecule has 2 aromatic rings. The predicted molar refractivity (Wildman–Crippen MR) is 78.6 cm³/mol. The van der Waals surface area contributed by atoms with Crippen molar-refractivity contribution in [2.24, 2.45) is 0 Å². The normalized spacial score (nSPS) is 10.6. The quantitative estimate of drug-likeness (QED) is 0.826. The Morgan fingerprint density at radius 1 is 1.25 bits per heavy atom. The van der Waals surface area contributed by atoms with Crippen molar-refractivity contribution in [3.63, 3.8) is 0 Å². The first-order valence-corrected chi connectivity index (χ1v) is 7.29. The molecule has 1 aromatic carbocycles. The van der Waals surface area contributed by atoms with Gasteiger partial charge in [0.25, 0.3) is 0 Å². The highest BCUT2D eigenvalue weighted by atomic mass is 79.9. The average Bonchev–Trinajstić information content (AvgIpc) is 2.41. The number of benzene rings is 1. The van der Waals surface area contributed by atoms with Gasteiger partial charge in [0.05, 0.1) is 29.9 Å². The Labute approximate surface area is 127 Å². The van der Waals surface area contributed by atoms with Crippen molar-refractivity contribution in [2.45, 2.75) is 4.90 Å². The molecule has 1 aromatic heterocycles. The van der Waals surface area contributed by atoms with Gasteiger partial charge < -0.3 is 9.41 Å². The summed E-state index contributed by atoms with van der Waals surface area (Å²) in [6, 6.07) is 5.20. The summed E-state index contributed by atoms with van der Waals surface area (Å²) < 4.78 is 29.0. The van der Waals surface area contributed by atoms with Crippen molar-refractivity contribution in [3.05, 3.63) is 52.8 Å². The first-order chi connectivity index (χ1) is 9.60. The summed E-state index contributed by atoms with van der Waals surface area (Å²) in [5.41, 5.74) is 0.710. The molecule has 1 N–H and O–H groups in total. The molecule has 106 valence electrons. The molecule has 0 aliphatic carbocycles. The van der Waals surface area contributed by atoms with E-state index in [-0.39, 0.29) is 11.5 Å². The van der Waals surface area contributed by atoms with Gasteiger partial charge in [-0.2, -0.15) is 0 Å². The van der Waals surface area contributed by atoms with E-state index in [0.29, 0.717) is 12.2 Å².